The van der Waals surface area contributed by atoms with Gasteiger partial charge in [0.25, 0.3) is 0 Å². The minimum absolute atomic E-state index is 0.0854. The Labute approximate surface area is 228 Å². The Morgan fingerprint density at radius 2 is 2.05 bits per heavy atom. The number of carboxylic acids is 1. The van der Waals surface area contributed by atoms with Crippen molar-refractivity contribution in [2.45, 2.75) is 51.0 Å². The van der Waals surface area contributed by atoms with Gasteiger partial charge >= 0.3 is 5.97 Å². The summed E-state index contributed by atoms with van der Waals surface area (Å²) in [5.41, 5.74) is 1.58. The van der Waals surface area contributed by atoms with Gasteiger partial charge in [0, 0.05) is 50.8 Å². The van der Waals surface area contributed by atoms with E-state index >= 15 is 0 Å². The topological polar surface area (TPSA) is 113 Å². The smallest absolute Gasteiger partial charge is 0.308 e. The van der Waals surface area contributed by atoms with Gasteiger partial charge in [0.15, 0.2) is 11.5 Å². The monoisotopic (exact) mass is 536 g/mol. The lowest BCUT2D eigenvalue weighted by molar-refractivity contribution is -0.143. The zero-order valence-corrected chi connectivity index (χ0v) is 22.3. The second kappa shape index (κ2) is 12.0. The molecule has 0 spiro atoms. The van der Waals surface area contributed by atoms with Gasteiger partial charge in [-0.25, -0.2) is 0 Å². The van der Waals surface area contributed by atoms with Crippen molar-refractivity contribution in [2.75, 3.05) is 44.4 Å². The molecular formula is C29H36N4O6. The van der Waals surface area contributed by atoms with Crippen molar-refractivity contribution in [1.29, 1.82) is 0 Å². The summed E-state index contributed by atoms with van der Waals surface area (Å²) in [6, 6.07) is 8.84. The number of pyridine rings is 1. The number of ether oxygens (including phenoxy) is 2. The van der Waals surface area contributed by atoms with Gasteiger partial charge in [0.05, 0.1) is 24.3 Å². The van der Waals surface area contributed by atoms with Crippen molar-refractivity contribution < 1.29 is 29.0 Å². The molecule has 3 aliphatic rings. The Bertz CT molecular complexity index is 1190. The molecule has 39 heavy (non-hydrogen) atoms. The van der Waals surface area contributed by atoms with E-state index in [9.17, 15) is 19.5 Å². The highest BCUT2D eigenvalue weighted by Crippen LogP contribution is 2.43. The van der Waals surface area contributed by atoms with E-state index in [1.165, 1.54) is 0 Å². The molecule has 5 rings (SSSR count). The summed E-state index contributed by atoms with van der Waals surface area (Å²) in [5, 5.41) is 10.4. The van der Waals surface area contributed by atoms with Crippen LogP contribution in [0.15, 0.2) is 42.7 Å². The van der Waals surface area contributed by atoms with E-state index in [0.29, 0.717) is 50.5 Å². The van der Waals surface area contributed by atoms with E-state index < -0.39 is 17.9 Å². The van der Waals surface area contributed by atoms with Crippen LogP contribution in [0.2, 0.25) is 0 Å². The van der Waals surface area contributed by atoms with Gasteiger partial charge in [-0.3, -0.25) is 24.3 Å². The van der Waals surface area contributed by atoms with Crippen LogP contribution in [0, 0.1) is 5.92 Å². The van der Waals surface area contributed by atoms with Gasteiger partial charge in [-0.2, -0.15) is 0 Å². The second-order valence-electron chi connectivity index (χ2n) is 10.5. The fourth-order valence-electron chi connectivity index (χ4n) is 6.05. The molecule has 2 fully saturated rings. The van der Waals surface area contributed by atoms with Crippen LogP contribution in [-0.4, -0.2) is 83.2 Å². The Kier molecular flexibility index (Phi) is 8.30. The van der Waals surface area contributed by atoms with Crippen LogP contribution in [0.5, 0.6) is 11.5 Å². The van der Waals surface area contributed by atoms with Gasteiger partial charge in [-0.15, -0.1) is 0 Å². The molecule has 10 nitrogen and oxygen atoms in total. The average Bonchev–Trinajstić information content (AvgIpc) is 3.66. The highest BCUT2D eigenvalue weighted by Gasteiger charge is 2.47. The zero-order chi connectivity index (χ0) is 27.4. The minimum atomic E-state index is -0.902. The first-order chi connectivity index (χ1) is 19.0. The first kappa shape index (κ1) is 26.9. The van der Waals surface area contributed by atoms with Crippen LogP contribution in [0.1, 0.15) is 50.5 Å². The molecule has 10 heteroatoms. The van der Waals surface area contributed by atoms with Gasteiger partial charge < -0.3 is 24.4 Å². The Morgan fingerprint density at radius 1 is 1.21 bits per heavy atom. The molecule has 208 valence electrons. The number of hydrogen-bond donors (Lipinski definition) is 1. The number of hydrogen-bond acceptors (Lipinski definition) is 7. The molecule has 1 aromatic carbocycles. The molecule has 2 saturated heterocycles. The lowest BCUT2D eigenvalue weighted by atomic mass is 9.84. The molecule has 0 aliphatic carbocycles. The number of aliphatic carboxylic acids is 1. The number of amides is 2. The third-order valence-corrected chi connectivity index (χ3v) is 8.06. The number of unbranched alkanes of at least 4 members (excludes halogenated alkanes) is 1. The maximum absolute atomic E-state index is 13.7. The third-order valence-electron chi connectivity index (χ3n) is 8.06. The molecule has 3 atom stereocenters. The minimum Gasteiger partial charge on any atom is -0.481 e. The number of anilines is 1. The summed E-state index contributed by atoms with van der Waals surface area (Å²) in [6.45, 7) is 4.46. The molecule has 0 bridgehead atoms. The maximum atomic E-state index is 13.7. The molecular weight excluding hydrogens is 500 g/mol. The lowest BCUT2D eigenvalue weighted by Gasteiger charge is -2.30. The first-order valence-electron chi connectivity index (χ1n) is 13.8. The SMILES string of the molecule is CCCCN(C(=O)CN1CC(c2ccc3c(c2)OCO3)C(C(=O)O)C1CCN1CCCC1=O)c1cccnc1. The zero-order valence-electron chi connectivity index (χ0n) is 22.3. The first-order valence-corrected chi connectivity index (χ1v) is 13.8. The Balaban J connectivity index is 1.42. The van der Waals surface area contributed by atoms with Crippen LogP contribution in [-0.2, 0) is 14.4 Å². The van der Waals surface area contributed by atoms with Gasteiger partial charge in [-0.1, -0.05) is 19.4 Å². The van der Waals surface area contributed by atoms with E-state index in [1.54, 1.807) is 17.3 Å². The van der Waals surface area contributed by atoms with Gasteiger partial charge in [0.2, 0.25) is 18.6 Å². The number of fused-ring (bicyclic) bond motifs is 1. The fourth-order valence-corrected chi connectivity index (χ4v) is 6.05. The number of nitrogens with zero attached hydrogens (tertiary/aromatic N) is 4. The molecule has 3 aliphatic heterocycles. The molecule has 4 heterocycles. The second-order valence-corrected chi connectivity index (χ2v) is 10.5. The predicted molar refractivity (Wildman–Crippen MR) is 144 cm³/mol. The van der Waals surface area contributed by atoms with Crippen LogP contribution in [0.3, 0.4) is 0 Å². The van der Waals surface area contributed by atoms with Crippen molar-refractivity contribution in [3.8, 4) is 11.5 Å². The summed E-state index contributed by atoms with van der Waals surface area (Å²) in [5.74, 6) is -0.716. The summed E-state index contributed by atoms with van der Waals surface area (Å²) in [6.07, 6.45) is 6.99. The summed E-state index contributed by atoms with van der Waals surface area (Å²) in [4.78, 5) is 48.6. The van der Waals surface area contributed by atoms with Crippen molar-refractivity contribution >= 4 is 23.5 Å². The molecule has 3 unspecified atom stereocenters. The maximum Gasteiger partial charge on any atom is 0.308 e. The average molecular weight is 537 g/mol. The fraction of sp³-hybridized carbons (Fsp3) is 0.517. The number of aromatic nitrogens is 1. The Hall–Kier alpha value is -3.66. The Morgan fingerprint density at radius 3 is 2.77 bits per heavy atom. The quantitative estimate of drug-likeness (QED) is 0.466. The summed E-state index contributed by atoms with van der Waals surface area (Å²) < 4.78 is 11.0. The van der Waals surface area contributed by atoms with Crippen molar-refractivity contribution in [2.24, 2.45) is 5.92 Å². The number of likely N-dealkylation sites (tertiary alicyclic amines) is 2. The summed E-state index contributed by atoms with van der Waals surface area (Å²) in [7, 11) is 0. The molecule has 1 N–H and O–H groups in total. The van der Waals surface area contributed by atoms with E-state index in [1.807, 2.05) is 40.1 Å². The van der Waals surface area contributed by atoms with E-state index in [0.717, 1.165) is 30.5 Å². The molecule has 0 radical (unpaired) electrons. The van der Waals surface area contributed by atoms with E-state index in [4.69, 9.17) is 9.47 Å². The third kappa shape index (κ3) is 5.85. The van der Waals surface area contributed by atoms with Crippen molar-refractivity contribution in [3.05, 3.63) is 48.3 Å². The van der Waals surface area contributed by atoms with E-state index in [2.05, 4.69) is 11.9 Å². The number of carbonyl (C=O) groups is 3. The molecule has 1 aromatic heterocycles. The van der Waals surface area contributed by atoms with Gasteiger partial charge in [-0.05, 0) is 49.1 Å². The van der Waals surface area contributed by atoms with Gasteiger partial charge in [0.1, 0.15) is 0 Å². The normalized spacial score (nSPS) is 22.4. The predicted octanol–water partition coefficient (Wildman–Crippen LogP) is 3.12. The van der Waals surface area contributed by atoms with E-state index in [-0.39, 0.29) is 31.1 Å². The highest BCUT2D eigenvalue weighted by atomic mass is 16.7. The number of carbonyl (C=O) groups excluding carboxylic acids is 2. The number of benzene rings is 1. The summed E-state index contributed by atoms with van der Waals surface area (Å²) >= 11 is 0. The number of carboxylic acid groups (broad SMARTS) is 1. The standard InChI is InChI=1S/C29H36N4O6/c1-2-3-13-33(21-6-4-11-30-16-21)27(35)18-32-17-22(20-8-9-24-25(15-20)39-19-38-24)28(29(36)37)23(32)10-14-31-12-5-7-26(31)34/h4,6,8-9,11,15-16,22-23,28H,2-3,5,7,10,12-14,17-19H2,1H3,(H,36,37). The van der Waals surface area contributed by atoms with Crippen molar-refractivity contribution in [1.82, 2.24) is 14.8 Å². The highest BCUT2D eigenvalue weighted by molar-refractivity contribution is 5.94. The van der Waals surface area contributed by atoms with Crippen LogP contribution in [0.25, 0.3) is 0 Å². The molecule has 0 saturated carbocycles. The lowest BCUT2D eigenvalue weighted by Crippen LogP contribution is -2.45. The largest absolute Gasteiger partial charge is 0.481 e. The number of rotatable bonds is 11. The van der Waals surface area contributed by atoms with Crippen LogP contribution in [0.4, 0.5) is 5.69 Å². The van der Waals surface area contributed by atoms with Crippen LogP contribution < -0.4 is 14.4 Å². The van der Waals surface area contributed by atoms with Crippen LogP contribution >= 0.6 is 0 Å². The molecule has 2 aromatic rings. The molecule has 2 amide bonds. The van der Waals surface area contributed by atoms with Crippen molar-refractivity contribution in [3.63, 3.8) is 0 Å².